The number of hydrogen-bond donors (Lipinski definition) is 1. The van der Waals surface area contributed by atoms with Crippen molar-refractivity contribution < 1.29 is 19.0 Å². The fourth-order valence-corrected chi connectivity index (χ4v) is 4.49. The number of nitrogens with zero attached hydrogens (tertiary/aromatic N) is 3. The van der Waals surface area contributed by atoms with Crippen LogP contribution in [0.25, 0.3) is 5.69 Å². The molecule has 0 aliphatic carbocycles. The van der Waals surface area contributed by atoms with Crippen LogP contribution >= 0.6 is 11.6 Å². The van der Waals surface area contributed by atoms with Gasteiger partial charge in [-0.3, -0.25) is 9.36 Å². The smallest absolute Gasteiger partial charge is 0.223 e. The Kier molecular flexibility index (Phi) is 7.09. The number of para-hydroxylation sites is 1. The van der Waals surface area contributed by atoms with Crippen molar-refractivity contribution in [3.05, 3.63) is 64.2 Å². The predicted molar refractivity (Wildman–Crippen MR) is 129 cm³/mol. The number of nitrogens with one attached hydrogen (secondary N) is 1. The van der Waals surface area contributed by atoms with E-state index in [1.165, 1.54) is 0 Å². The van der Waals surface area contributed by atoms with Gasteiger partial charge >= 0.3 is 0 Å². The SMILES string of the molecule is CCNC(=O)CC1OC(c2cccc(OC)c2OC)c2cc(Cl)ccc2-n2c(C(C)C)nnc21. The second-order valence-corrected chi connectivity index (χ2v) is 8.79. The summed E-state index contributed by atoms with van der Waals surface area (Å²) < 4.78 is 19.9. The average Bonchev–Trinajstić information content (AvgIpc) is 3.21. The summed E-state index contributed by atoms with van der Waals surface area (Å²) in [6.07, 6.45) is -1.16. The summed E-state index contributed by atoms with van der Waals surface area (Å²) in [6.45, 7) is 6.52. The maximum atomic E-state index is 12.7. The van der Waals surface area contributed by atoms with E-state index in [9.17, 15) is 4.79 Å². The van der Waals surface area contributed by atoms with Crippen molar-refractivity contribution in [2.75, 3.05) is 20.8 Å². The number of halogens is 1. The van der Waals surface area contributed by atoms with Crippen molar-refractivity contribution in [1.82, 2.24) is 20.1 Å². The number of methoxy groups -OCH3 is 2. The summed E-state index contributed by atoms with van der Waals surface area (Å²) >= 11 is 6.46. The second kappa shape index (κ2) is 10.0. The number of amides is 1. The minimum absolute atomic E-state index is 0.0918. The molecule has 4 rings (SSSR count). The molecule has 0 spiro atoms. The van der Waals surface area contributed by atoms with Gasteiger partial charge in [-0.2, -0.15) is 0 Å². The van der Waals surface area contributed by atoms with Gasteiger partial charge in [0.2, 0.25) is 5.91 Å². The van der Waals surface area contributed by atoms with E-state index in [0.717, 1.165) is 22.6 Å². The molecule has 3 aromatic rings. The van der Waals surface area contributed by atoms with Gasteiger partial charge in [0, 0.05) is 28.6 Å². The maximum absolute atomic E-state index is 12.7. The molecule has 1 N–H and O–H groups in total. The third-order valence-corrected chi connectivity index (χ3v) is 6.03. The van der Waals surface area contributed by atoms with Crippen LogP contribution in [0.2, 0.25) is 5.02 Å². The van der Waals surface area contributed by atoms with Crippen LogP contribution < -0.4 is 14.8 Å². The number of carbonyl (C=O) groups is 1. The van der Waals surface area contributed by atoms with E-state index in [-0.39, 0.29) is 18.2 Å². The Morgan fingerprint density at radius 1 is 1.18 bits per heavy atom. The molecule has 180 valence electrons. The standard InChI is InChI=1S/C25H29ClN4O4/c1-6-27-21(31)13-20-25-29-28-24(14(2)3)30(25)18-11-10-15(26)12-17(18)22(34-20)16-8-7-9-19(32-4)23(16)33-5/h7-12,14,20,22H,6,13H2,1-5H3,(H,27,31). The summed E-state index contributed by atoms with van der Waals surface area (Å²) in [6, 6.07) is 11.3. The normalized spacial score (nSPS) is 17.0. The third-order valence-electron chi connectivity index (χ3n) is 5.79. The lowest BCUT2D eigenvalue weighted by atomic mass is 9.98. The van der Waals surface area contributed by atoms with Crippen LogP contribution in [0.5, 0.6) is 11.5 Å². The topological polar surface area (TPSA) is 87.5 Å². The van der Waals surface area contributed by atoms with Crippen molar-refractivity contribution in [2.24, 2.45) is 0 Å². The number of carbonyl (C=O) groups excluding carboxylic acids is 1. The average molecular weight is 485 g/mol. The number of ether oxygens (including phenoxy) is 3. The molecule has 0 radical (unpaired) electrons. The van der Waals surface area contributed by atoms with Crippen molar-refractivity contribution in [3.63, 3.8) is 0 Å². The largest absolute Gasteiger partial charge is 0.493 e. The third kappa shape index (κ3) is 4.35. The van der Waals surface area contributed by atoms with Crippen LogP contribution in [0.3, 0.4) is 0 Å². The second-order valence-electron chi connectivity index (χ2n) is 8.35. The Morgan fingerprint density at radius 2 is 1.97 bits per heavy atom. The van der Waals surface area contributed by atoms with E-state index in [0.29, 0.717) is 28.9 Å². The van der Waals surface area contributed by atoms with Crippen LogP contribution in [0.1, 0.15) is 68.1 Å². The van der Waals surface area contributed by atoms with Gasteiger partial charge in [0.05, 0.1) is 26.3 Å². The molecule has 0 bridgehead atoms. The van der Waals surface area contributed by atoms with E-state index in [4.69, 9.17) is 25.8 Å². The van der Waals surface area contributed by atoms with Gasteiger partial charge in [-0.05, 0) is 31.2 Å². The molecule has 9 heteroatoms. The number of fused-ring (bicyclic) bond motifs is 3. The monoisotopic (exact) mass is 484 g/mol. The molecule has 34 heavy (non-hydrogen) atoms. The minimum Gasteiger partial charge on any atom is -0.493 e. The highest BCUT2D eigenvalue weighted by atomic mass is 35.5. The quantitative estimate of drug-likeness (QED) is 0.520. The van der Waals surface area contributed by atoms with Gasteiger partial charge in [0.1, 0.15) is 18.0 Å². The first-order valence-electron chi connectivity index (χ1n) is 11.3. The number of hydrogen-bond acceptors (Lipinski definition) is 6. The molecule has 2 atom stereocenters. The van der Waals surface area contributed by atoms with E-state index < -0.39 is 12.2 Å². The molecule has 8 nitrogen and oxygen atoms in total. The van der Waals surface area contributed by atoms with Gasteiger partial charge in [0.25, 0.3) is 0 Å². The zero-order chi connectivity index (χ0) is 24.4. The highest BCUT2D eigenvalue weighted by Gasteiger charge is 2.36. The van der Waals surface area contributed by atoms with Gasteiger partial charge in [0.15, 0.2) is 17.3 Å². The van der Waals surface area contributed by atoms with Crippen LogP contribution in [-0.2, 0) is 9.53 Å². The van der Waals surface area contributed by atoms with Crippen LogP contribution in [-0.4, -0.2) is 41.4 Å². The lowest BCUT2D eigenvalue weighted by Gasteiger charge is -2.24. The molecule has 1 aliphatic rings. The highest BCUT2D eigenvalue weighted by Crippen LogP contribution is 2.46. The Morgan fingerprint density at radius 3 is 2.65 bits per heavy atom. The summed E-state index contributed by atoms with van der Waals surface area (Å²) in [5, 5.41) is 12.3. The number of benzene rings is 2. The fraction of sp³-hybridized carbons (Fsp3) is 0.400. The minimum atomic E-state index is -0.654. The van der Waals surface area contributed by atoms with Crippen LogP contribution in [0.15, 0.2) is 36.4 Å². The zero-order valence-electron chi connectivity index (χ0n) is 20.0. The molecular formula is C25H29ClN4O4. The molecule has 2 heterocycles. The Labute approximate surface area is 204 Å². The van der Waals surface area contributed by atoms with Crippen molar-refractivity contribution >= 4 is 17.5 Å². The van der Waals surface area contributed by atoms with Gasteiger partial charge in [-0.1, -0.05) is 37.6 Å². The van der Waals surface area contributed by atoms with Crippen molar-refractivity contribution in [3.8, 4) is 17.2 Å². The summed E-state index contributed by atoms with van der Waals surface area (Å²) in [4.78, 5) is 12.7. The van der Waals surface area contributed by atoms with E-state index in [2.05, 4.69) is 29.4 Å². The van der Waals surface area contributed by atoms with E-state index >= 15 is 0 Å². The lowest BCUT2D eigenvalue weighted by Crippen LogP contribution is -2.26. The molecule has 1 aliphatic heterocycles. The lowest BCUT2D eigenvalue weighted by molar-refractivity contribution is -0.125. The molecule has 0 saturated heterocycles. The van der Waals surface area contributed by atoms with Gasteiger partial charge in [-0.25, -0.2) is 0 Å². The summed E-state index contributed by atoms with van der Waals surface area (Å²) in [7, 11) is 3.18. The Balaban J connectivity index is 1.97. The van der Waals surface area contributed by atoms with Gasteiger partial charge in [-0.15, -0.1) is 10.2 Å². The molecule has 1 amide bonds. The molecule has 0 saturated carbocycles. The fourth-order valence-electron chi connectivity index (χ4n) is 4.31. The highest BCUT2D eigenvalue weighted by molar-refractivity contribution is 6.30. The number of rotatable bonds is 7. The molecule has 0 fully saturated rings. The van der Waals surface area contributed by atoms with E-state index in [1.54, 1.807) is 14.2 Å². The molecule has 1 aromatic heterocycles. The van der Waals surface area contributed by atoms with Crippen molar-refractivity contribution in [2.45, 2.75) is 45.3 Å². The zero-order valence-corrected chi connectivity index (χ0v) is 20.7. The predicted octanol–water partition coefficient (Wildman–Crippen LogP) is 4.75. The van der Waals surface area contributed by atoms with Crippen molar-refractivity contribution in [1.29, 1.82) is 0 Å². The van der Waals surface area contributed by atoms with E-state index in [1.807, 2.05) is 47.9 Å². The first kappa shape index (κ1) is 24.0. The molecule has 2 aromatic carbocycles. The summed E-state index contributed by atoms with van der Waals surface area (Å²) in [5.41, 5.74) is 2.43. The Bertz CT molecular complexity index is 1190. The van der Waals surface area contributed by atoms with Crippen LogP contribution in [0.4, 0.5) is 0 Å². The summed E-state index contributed by atoms with van der Waals surface area (Å²) in [5.74, 6) is 2.45. The first-order chi connectivity index (χ1) is 16.4. The van der Waals surface area contributed by atoms with Crippen LogP contribution in [0, 0.1) is 0 Å². The molecular weight excluding hydrogens is 456 g/mol. The molecule has 2 unspecified atom stereocenters. The van der Waals surface area contributed by atoms with Gasteiger partial charge < -0.3 is 19.5 Å². The Hall–Kier alpha value is -3.10. The first-order valence-corrected chi connectivity index (χ1v) is 11.6. The number of aromatic nitrogens is 3. The maximum Gasteiger partial charge on any atom is 0.223 e.